The van der Waals surface area contributed by atoms with Gasteiger partial charge in [-0.3, -0.25) is 0 Å². The van der Waals surface area contributed by atoms with Gasteiger partial charge in [0, 0.05) is 10.4 Å². The van der Waals surface area contributed by atoms with E-state index in [-0.39, 0.29) is 5.02 Å². The molecule has 1 aromatic heterocycles. The summed E-state index contributed by atoms with van der Waals surface area (Å²) >= 11 is 6.19. The van der Waals surface area contributed by atoms with Gasteiger partial charge >= 0.3 is 6.98 Å². The minimum atomic E-state index is -4.91. The molecule has 0 N–H and O–H groups in total. The fraction of sp³-hybridized carbons (Fsp3) is 0. The van der Waals surface area contributed by atoms with Crippen molar-refractivity contribution < 1.29 is 12.9 Å². The van der Waals surface area contributed by atoms with Crippen LogP contribution in [0.4, 0.5) is 12.9 Å². The van der Waals surface area contributed by atoms with E-state index in [4.69, 9.17) is 11.6 Å². The van der Waals surface area contributed by atoms with Crippen LogP contribution in [0.25, 0.3) is 0 Å². The third-order valence-electron chi connectivity index (χ3n) is 0.995. The van der Waals surface area contributed by atoms with Crippen LogP contribution in [0.3, 0.4) is 0 Å². The first-order chi connectivity index (χ1) is 4.52. The summed E-state index contributed by atoms with van der Waals surface area (Å²) in [7, 11) is 0. The second-order valence-corrected chi connectivity index (χ2v) is 2.90. The van der Waals surface area contributed by atoms with Crippen LogP contribution >= 0.6 is 22.9 Å². The fourth-order valence-electron chi connectivity index (χ4n) is 0.525. The van der Waals surface area contributed by atoms with Crippen molar-refractivity contribution in [2.75, 3.05) is 0 Å². The topological polar surface area (TPSA) is 0 Å². The van der Waals surface area contributed by atoms with Crippen LogP contribution in [-0.2, 0) is 0 Å². The van der Waals surface area contributed by atoms with E-state index in [9.17, 15) is 12.9 Å². The van der Waals surface area contributed by atoms with Crippen molar-refractivity contribution >= 4 is 35.4 Å². The van der Waals surface area contributed by atoms with Crippen molar-refractivity contribution in [1.29, 1.82) is 0 Å². The summed E-state index contributed by atoms with van der Waals surface area (Å²) in [6, 6.07) is 0. The lowest BCUT2D eigenvalue weighted by Crippen LogP contribution is -2.33. The van der Waals surface area contributed by atoms with Gasteiger partial charge < -0.3 is 12.9 Å². The lowest BCUT2D eigenvalue weighted by Gasteiger charge is -2.11. The van der Waals surface area contributed by atoms with Gasteiger partial charge in [-0.2, -0.15) is 11.3 Å². The van der Waals surface area contributed by atoms with Gasteiger partial charge in [0.25, 0.3) is 0 Å². The van der Waals surface area contributed by atoms with Crippen molar-refractivity contribution in [3.63, 3.8) is 0 Å². The summed E-state index contributed by atoms with van der Waals surface area (Å²) in [4.78, 5) is 0. The van der Waals surface area contributed by atoms with Gasteiger partial charge in [0.15, 0.2) is 0 Å². The summed E-state index contributed by atoms with van der Waals surface area (Å²) in [5, 5.41) is 2.09. The molecule has 0 amide bonds. The molecule has 0 nitrogen and oxygen atoms in total. The molecule has 0 aromatic carbocycles. The molecule has 1 heterocycles. The minimum absolute atomic E-state index is 0.197. The molecule has 0 aliphatic rings. The van der Waals surface area contributed by atoms with E-state index in [1.54, 1.807) is 0 Å². The van der Waals surface area contributed by atoms with Crippen LogP contribution in [0.1, 0.15) is 0 Å². The molecule has 6 heteroatoms. The van der Waals surface area contributed by atoms with Crippen molar-refractivity contribution in [3.05, 3.63) is 15.8 Å². The quantitative estimate of drug-likeness (QED) is 0.590. The van der Waals surface area contributed by atoms with Crippen LogP contribution < -0.4 is 5.46 Å². The number of thiophene rings is 1. The lowest BCUT2D eigenvalue weighted by molar-refractivity contribution is 0.501. The van der Waals surface area contributed by atoms with E-state index in [1.165, 1.54) is 5.38 Å². The number of hydrogen-bond acceptors (Lipinski definition) is 1. The molecule has 0 unspecified atom stereocenters. The zero-order valence-electron chi connectivity index (χ0n) is 4.65. The lowest BCUT2D eigenvalue weighted by atomic mass is 9.83. The molecule has 0 fully saturated rings. The number of rotatable bonds is 1. The molecule has 0 aliphatic carbocycles. The van der Waals surface area contributed by atoms with E-state index in [1.807, 2.05) is 0 Å². The average Bonchev–Trinajstić information content (AvgIpc) is 2.11. The molecule has 0 atom stereocenters. The first-order valence-corrected chi connectivity index (χ1v) is 3.75. The smallest absolute Gasteiger partial charge is 0.445 e. The number of hydrogen-bond donors (Lipinski definition) is 0. The maximum Gasteiger partial charge on any atom is 0.511 e. The maximum absolute atomic E-state index is 11.9. The molecular weight excluding hydrogens is 183 g/mol. The maximum atomic E-state index is 11.9. The highest BCUT2D eigenvalue weighted by Gasteiger charge is 2.28. The first kappa shape index (κ1) is 7.95. The molecule has 0 bridgehead atoms. The second-order valence-electron chi connectivity index (χ2n) is 1.75. The Labute approximate surface area is 64.7 Å². The summed E-state index contributed by atoms with van der Waals surface area (Å²) in [5.41, 5.74) is -0.688. The molecule has 10 heavy (non-hydrogen) atoms. The summed E-state index contributed by atoms with van der Waals surface area (Å²) in [5.74, 6) is 0. The van der Waals surface area contributed by atoms with Gasteiger partial charge in [-0.15, -0.1) is 0 Å². The summed E-state index contributed by atoms with van der Waals surface area (Å²) < 4.78 is 35.6. The largest absolute Gasteiger partial charge is 0.511 e. The Morgan fingerprint density at radius 2 is 1.90 bits per heavy atom. The Bertz CT molecular complexity index is 231. The third kappa shape index (κ3) is 1.46. The highest BCUT2D eigenvalue weighted by molar-refractivity contribution is 7.10. The Morgan fingerprint density at radius 3 is 2.10 bits per heavy atom. The predicted molar refractivity (Wildman–Crippen MR) is 38.0 cm³/mol. The minimum Gasteiger partial charge on any atom is -0.445 e. The van der Waals surface area contributed by atoms with Crippen molar-refractivity contribution in [3.8, 4) is 0 Å². The average molecular weight is 185 g/mol. The SMILES string of the molecule is F[B-](F)(F)c1cscc1Cl. The second kappa shape index (κ2) is 2.47. The zero-order chi connectivity index (χ0) is 7.78. The van der Waals surface area contributed by atoms with E-state index in [2.05, 4.69) is 0 Å². The van der Waals surface area contributed by atoms with Gasteiger partial charge in [-0.05, 0) is 5.38 Å². The van der Waals surface area contributed by atoms with Gasteiger partial charge in [0.1, 0.15) is 0 Å². The molecular formula is C4H2BClF3S-. The van der Waals surface area contributed by atoms with Crippen molar-refractivity contribution in [2.24, 2.45) is 0 Å². The summed E-state index contributed by atoms with van der Waals surface area (Å²) in [6.07, 6.45) is 0. The fourth-order valence-corrected chi connectivity index (χ4v) is 1.67. The Balaban J connectivity index is 3.05. The molecule has 0 saturated carbocycles. The van der Waals surface area contributed by atoms with Crippen molar-refractivity contribution in [1.82, 2.24) is 0 Å². The monoisotopic (exact) mass is 185 g/mol. The third-order valence-corrected chi connectivity index (χ3v) is 2.21. The molecule has 1 aromatic rings. The molecule has 56 valence electrons. The standard InChI is InChI=1S/C4H2BClF3S/c6-4-2-10-1-3(4)5(7,8)9/h1-2H/q-1. The van der Waals surface area contributed by atoms with Gasteiger partial charge in [0.2, 0.25) is 0 Å². The predicted octanol–water partition coefficient (Wildman–Crippen LogP) is 2.46. The van der Waals surface area contributed by atoms with Crippen molar-refractivity contribution in [2.45, 2.75) is 0 Å². The summed E-state index contributed by atoms with van der Waals surface area (Å²) in [6.45, 7) is -4.91. The number of halogens is 4. The molecule has 0 radical (unpaired) electrons. The van der Waals surface area contributed by atoms with E-state index >= 15 is 0 Å². The van der Waals surface area contributed by atoms with Crippen LogP contribution in [0.5, 0.6) is 0 Å². The van der Waals surface area contributed by atoms with Crippen LogP contribution in [0.15, 0.2) is 10.8 Å². The Hall–Kier alpha value is -0.155. The first-order valence-electron chi connectivity index (χ1n) is 2.43. The molecule has 0 spiro atoms. The Morgan fingerprint density at radius 1 is 1.30 bits per heavy atom. The van der Waals surface area contributed by atoms with Crippen LogP contribution in [-0.4, -0.2) is 6.98 Å². The van der Waals surface area contributed by atoms with E-state index in [0.717, 1.165) is 16.7 Å². The normalized spacial score (nSPS) is 12.0. The highest BCUT2D eigenvalue weighted by atomic mass is 35.5. The van der Waals surface area contributed by atoms with E-state index < -0.39 is 12.4 Å². The van der Waals surface area contributed by atoms with Crippen LogP contribution in [0, 0.1) is 0 Å². The van der Waals surface area contributed by atoms with Gasteiger partial charge in [-0.25, -0.2) is 0 Å². The molecule has 0 aliphatic heterocycles. The van der Waals surface area contributed by atoms with E-state index in [0.29, 0.717) is 0 Å². The van der Waals surface area contributed by atoms with Gasteiger partial charge in [-0.1, -0.05) is 17.1 Å². The van der Waals surface area contributed by atoms with Crippen LogP contribution in [0.2, 0.25) is 5.02 Å². The zero-order valence-corrected chi connectivity index (χ0v) is 6.22. The molecule has 1 rings (SSSR count). The molecule has 0 saturated heterocycles. The Kier molecular flexibility index (Phi) is 1.96. The highest BCUT2D eigenvalue weighted by Crippen LogP contribution is 2.18. The van der Waals surface area contributed by atoms with Gasteiger partial charge in [0.05, 0.1) is 0 Å².